The molecule has 6 N–H and O–H groups in total. The van der Waals surface area contributed by atoms with E-state index < -0.39 is 36.1 Å². The van der Waals surface area contributed by atoms with Gasteiger partial charge in [-0.15, -0.1) is 0 Å². The number of nitrogens with zero attached hydrogens (tertiary/aromatic N) is 4. The van der Waals surface area contributed by atoms with E-state index in [1.807, 2.05) is 0 Å². The Balaban J connectivity index is 1.54. The number of aliphatic carboxylic acids is 1. The minimum atomic E-state index is -1.68. The first-order chi connectivity index (χ1) is 23.1. The van der Waals surface area contributed by atoms with Crippen LogP contribution in [0.25, 0.3) is 11.2 Å². The lowest BCUT2D eigenvalue weighted by atomic mass is 9.93. The van der Waals surface area contributed by atoms with Crippen LogP contribution in [0.15, 0.2) is 30.9 Å². The molecule has 14 heteroatoms. The number of nitrogen functional groups attached to an aromatic ring is 1. The zero-order chi connectivity index (χ0) is 34.7. The molecular weight excluding hydrogens is 622 g/mol. The van der Waals surface area contributed by atoms with Crippen molar-refractivity contribution in [2.45, 2.75) is 127 Å². The van der Waals surface area contributed by atoms with Gasteiger partial charge in [0.2, 0.25) is 0 Å². The van der Waals surface area contributed by atoms with E-state index in [2.05, 4.69) is 21.9 Å². The number of hydrogen-bond acceptors (Lipinski definition) is 12. The molecule has 1 saturated heterocycles. The number of hydrogen-bond donors (Lipinski definition) is 5. The summed E-state index contributed by atoms with van der Waals surface area (Å²) in [7, 11) is 1.46. The molecular formula is C34H49N5O9. The summed E-state index contributed by atoms with van der Waals surface area (Å²) in [5, 5.41) is 42.9. The average Bonchev–Trinajstić information content (AvgIpc) is 3.61. The van der Waals surface area contributed by atoms with Gasteiger partial charge in [0.25, 0.3) is 0 Å². The minimum absolute atomic E-state index is 0.0184. The van der Waals surface area contributed by atoms with Crippen molar-refractivity contribution < 1.29 is 44.2 Å². The molecule has 0 amide bonds. The van der Waals surface area contributed by atoms with Gasteiger partial charge < -0.3 is 40.4 Å². The molecule has 3 heterocycles. The molecule has 0 saturated carbocycles. The maximum atomic E-state index is 12.5. The van der Waals surface area contributed by atoms with Gasteiger partial charge in [0, 0.05) is 19.3 Å². The van der Waals surface area contributed by atoms with Crippen LogP contribution in [0, 0.1) is 0 Å². The second kappa shape index (κ2) is 17.5. The summed E-state index contributed by atoms with van der Waals surface area (Å²) in [6.45, 7) is 2.14. The number of benzene rings is 1. The van der Waals surface area contributed by atoms with Crippen LogP contribution in [0.5, 0.6) is 11.5 Å². The van der Waals surface area contributed by atoms with E-state index >= 15 is 0 Å². The Labute approximate surface area is 280 Å². The molecule has 1 aliphatic rings. The van der Waals surface area contributed by atoms with Crippen LogP contribution in [0.2, 0.25) is 0 Å². The molecule has 1 fully saturated rings. The first-order valence-corrected chi connectivity index (χ1v) is 16.9. The van der Waals surface area contributed by atoms with Crippen molar-refractivity contribution in [3.05, 3.63) is 36.4 Å². The van der Waals surface area contributed by atoms with Crippen molar-refractivity contribution in [2.24, 2.45) is 0 Å². The molecule has 1 unspecified atom stereocenters. The standard InChI is InChI=1S/C34H49N5O9/c1-3-4-5-7-12-15-27(43)47-24-17-16-22(18-25(24)46-2)19-34(39-21-38-28-32(35)36-20-37-33(28)39)31(45)29(44)30(48-34)23(40)13-10-8-6-9-11-14-26(41)42/h16-18,20-21,23,29-31,40,44-45H,3-15,19H2,1-2H3,(H,41,42)(H2,35,36,37)/t23?,29-,30-,31-,34-/m1/s1. The third-order valence-electron chi connectivity index (χ3n) is 8.90. The van der Waals surface area contributed by atoms with Crippen molar-refractivity contribution in [3.8, 4) is 11.5 Å². The Morgan fingerprint density at radius 2 is 1.71 bits per heavy atom. The molecule has 264 valence electrons. The van der Waals surface area contributed by atoms with Crippen LogP contribution in [0.1, 0.15) is 96.0 Å². The van der Waals surface area contributed by atoms with Gasteiger partial charge in [-0.2, -0.15) is 0 Å². The number of methoxy groups -OCH3 is 1. The van der Waals surface area contributed by atoms with Crippen molar-refractivity contribution >= 4 is 28.9 Å². The molecule has 0 spiro atoms. The Bertz CT molecular complexity index is 1500. The van der Waals surface area contributed by atoms with E-state index in [1.165, 1.54) is 24.3 Å². The van der Waals surface area contributed by atoms with Crippen LogP contribution in [0.3, 0.4) is 0 Å². The van der Waals surface area contributed by atoms with E-state index in [0.29, 0.717) is 37.0 Å². The maximum absolute atomic E-state index is 12.5. The van der Waals surface area contributed by atoms with E-state index in [-0.39, 0.29) is 41.5 Å². The highest BCUT2D eigenvalue weighted by atomic mass is 16.6. The number of ether oxygens (including phenoxy) is 3. The number of imidazole rings is 1. The number of carbonyl (C=O) groups is 2. The quantitative estimate of drug-likeness (QED) is 0.0656. The molecule has 4 rings (SSSR count). The summed E-state index contributed by atoms with van der Waals surface area (Å²) in [5.74, 6) is -0.490. The lowest BCUT2D eigenvalue weighted by Crippen LogP contribution is -2.47. The summed E-state index contributed by atoms with van der Waals surface area (Å²) < 4.78 is 19.2. The number of carboxylic acids is 1. The van der Waals surface area contributed by atoms with Gasteiger partial charge in [0.1, 0.15) is 30.2 Å². The van der Waals surface area contributed by atoms with Gasteiger partial charge in [-0.05, 0) is 37.0 Å². The van der Waals surface area contributed by atoms with Gasteiger partial charge in [0.15, 0.2) is 28.7 Å². The summed E-state index contributed by atoms with van der Waals surface area (Å²) in [5.41, 5.74) is 5.53. The molecule has 48 heavy (non-hydrogen) atoms. The van der Waals surface area contributed by atoms with Crippen LogP contribution < -0.4 is 15.2 Å². The van der Waals surface area contributed by atoms with Gasteiger partial charge in [-0.3, -0.25) is 14.2 Å². The number of aliphatic hydroxyl groups excluding tert-OH is 3. The lowest BCUT2D eigenvalue weighted by molar-refractivity contribution is -0.159. The van der Waals surface area contributed by atoms with E-state index in [1.54, 1.807) is 18.2 Å². The largest absolute Gasteiger partial charge is 0.493 e. The summed E-state index contributed by atoms with van der Waals surface area (Å²) in [6.07, 6.45) is 6.72. The van der Waals surface area contributed by atoms with Crippen LogP contribution in [-0.4, -0.2) is 83.4 Å². The minimum Gasteiger partial charge on any atom is -0.493 e. The molecule has 1 aliphatic heterocycles. The Morgan fingerprint density at radius 1 is 1.00 bits per heavy atom. The number of aliphatic hydroxyl groups is 3. The summed E-state index contributed by atoms with van der Waals surface area (Å²) in [4.78, 5) is 36.0. The van der Waals surface area contributed by atoms with Crippen LogP contribution in [-0.2, 0) is 26.5 Å². The smallest absolute Gasteiger partial charge is 0.311 e. The maximum Gasteiger partial charge on any atom is 0.311 e. The number of aromatic nitrogens is 4. The fourth-order valence-electron chi connectivity index (χ4n) is 6.26. The highest BCUT2D eigenvalue weighted by Crippen LogP contribution is 2.43. The highest BCUT2D eigenvalue weighted by molar-refractivity contribution is 5.81. The van der Waals surface area contributed by atoms with Crippen molar-refractivity contribution in [1.29, 1.82) is 0 Å². The zero-order valence-corrected chi connectivity index (χ0v) is 27.8. The second-order valence-electron chi connectivity index (χ2n) is 12.5. The topological polar surface area (TPSA) is 212 Å². The number of carbonyl (C=O) groups excluding carboxylic acids is 1. The monoisotopic (exact) mass is 671 g/mol. The third kappa shape index (κ3) is 8.98. The molecule has 2 aromatic heterocycles. The number of anilines is 1. The van der Waals surface area contributed by atoms with Gasteiger partial charge >= 0.3 is 11.9 Å². The van der Waals surface area contributed by atoms with Gasteiger partial charge in [-0.1, -0.05) is 64.4 Å². The van der Waals surface area contributed by atoms with Crippen molar-refractivity contribution in [3.63, 3.8) is 0 Å². The Morgan fingerprint density at radius 3 is 2.44 bits per heavy atom. The molecule has 0 radical (unpaired) electrons. The number of esters is 1. The molecule has 0 aliphatic carbocycles. The number of nitrogens with two attached hydrogens (primary N) is 1. The fourth-order valence-corrected chi connectivity index (χ4v) is 6.26. The van der Waals surface area contributed by atoms with Crippen molar-refractivity contribution in [1.82, 2.24) is 19.5 Å². The number of unbranched alkanes of at least 4 members (excludes halogenated alkanes) is 8. The van der Waals surface area contributed by atoms with Crippen molar-refractivity contribution in [2.75, 3.05) is 12.8 Å². The summed E-state index contributed by atoms with van der Waals surface area (Å²) >= 11 is 0. The van der Waals surface area contributed by atoms with Crippen LogP contribution in [0.4, 0.5) is 5.82 Å². The lowest BCUT2D eigenvalue weighted by Gasteiger charge is -2.34. The SMILES string of the molecule is CCCCCCCC(=O)Oc1ccc(C[C@@]2(n3cnc4c(N)ncnc43)O[C@H](C(O)CCCCCCCC(=O)O)[C@@H](O)[C@H]2O)cc1OC. The molecule has 0 bridgehead atoms. The first kappa shape index (κ1) is 37.0. The second-order valence-corrected chi connectivity index (χ2v) is 12.5. The molecule has 1 aromatic carbocycles. The Hall–Kier alpha value is -3.85. The average molecular weight is 672 g/mol. The van der Waals surface area contributed by atoms with Gasteiger partial charge in [-0.25, -0.2) is 15.0 Å². The summed E-state index contributed by atoms with van der Waals surface area (Å²) in [6, 6.07) is 5.00. The fraction of sp³-hybridized carbons (Fsp3) is 0.618. The van der Waals surface area contributed by atoms with E-state index in [4.69, 9.17) is 25.1 Å². The van der Waals surface area contributed by atoms with Crippen LogP contribution >= 0.6 is 0 Å². The molecule has 5 atom stereocenters. The predicted octanol–water partition coefficient (Wildman–Crippen LogP) is 3.88. The zero-order valence-electron chi connectivity index (χ0n) is 27.8. The number of rotatable bonds is 20. The number of carboxylic acid groups (broad SMARTS) is 1. The third-order valence-corrected chi connectivity index (χ3v) is 8.90. The van der Waals surface area contributed by atoms with E-state index in [0.717, 1.165) is 51.4 Å². The molecule has 14 nitrogen and oxygen atoms in total. The Kier molecular flexibility index (Phi) is 13.5. The van der Waals surface area contributed by atoms with Gasteiger partial charge in [0.05, 0.1) is 19.5 Å². The first-order valence-electron chi connectivity index (χ1n) is 16.9. The number of fused-ring (bicyclic) bond motifs is 1. The molecule has 3 aromatic rings. The van der Waals surface area contributed by atoms with E-state index in [9.17, 15) is 24.9 Å². The highest BCUT2D eigenvalue weighted by Gasteiger charge is 2.57. The predicted molar refractivity (Wildman–Crippen MR) is 176 cm³/mol. The normalized spacial score (nSPS) is 21.4.